The Hall–Kier alpha value is -2.75. The molecule has 120 valence electrons. The maximum Gasteiger partial charge on any atom is 0.335 e. The van der Waals surface area contributed by atoms with Crippen molar-refractivity contribution in [1.82, 2.24) is 9.62 Å². The zero-order valence-electron chi connectivity index (χ0n) is 11.5. The Labute approximate surface area is 129 Å². The van der Waals surface area contributed by atoms with Crippen LogP contribution in [-0.2, 0) is 19.6 Å². The van der Waals surface area contributed by atoms with Crippen LogP contribution in [0.5, 0.6) is 0 Å². The molecule has 0 saturated carbocycles. The highest BCUT2D eigenvalue weighted by Gasteiger charge is 2.48. The quantitative estimate of drug-likeness (QED) is 0.682. The van der Waals surface area contributed by atoms with Gasteiger partial charge in [-0.3, -0.25) is 19.7 Å². The van der Waals surface area contributed by atoms with Crippen LogP contribution in [0.1, 0.15) is 33.6 Å². The molecule has 23 heavy (non-hydrogen) atoms. The number of rotatable bonds is 2. The Balaban J connectivity index is 2.08. The molecule has 0 spiro atoms. The summed E-state index contributed by atoms with van der Waals surface area (Å²) in [6, 6.07) is 1.73. The van der Waals surface area contributed by atoms with Gasteiger partial charge in [-0.15, -0.1) is 0 Å². The Morgan fingerprint density at radius 1 is 1.26 bits per heavy atom. The van der Waals surface area contributed by atoms with Crippen molar-refractivity contribution in [3.8, 4) is 0 Å². The highest BCUT2D eigenvalue weighted by molar-refractivity contribution is 7.90. The number of sulfonamides is 1. The van der Waals surface area contributed by atoms with Crippen LogP contribution < -0.4 is 5.32 Å². The molecule has 0 radical (unpaired) electrons. The van der Waals surface area contributed by atoms with Gasteiger partial charge in [0.1, 0.15) is 10.9 Å². The fourth-order valence-electron chi connectivity index (χ4n) is 2.60. The highest BCUT2D eigenvalue weighted by Crippen LogP contribution is 2.34. The Bertz CT molecular complexity index is 874. The number of imide groups is 1. The topological polar surface area (TPSA) is 138 Å². The lowest BCUT2D eigenvalue weighted by atomic mass is 10.0. The molecular formula is C13H10N2O7S. The summed E-state index contributed by atoms with van der Waals surface area (Å²) in [5, 5.41) is 10.9. The molecule has 1 unspecified atom stereocenters. The monoisotopic (exact) mass is 338 g/mol. The first-order chi connectivity index (χ1) is 10.7. The number of carboxylic acids is 1. The third-order valence-electron chi connectivity index (χ3n) is 3.69. The molecule has 10 heteroatoms. The van der Waals surface area contributed by atoms with E-state index in [4.69, 9.17) is 5.11 Å². The van der Waals surface area contributed by atoms with Gasteiger partial charge in [0, 0.05) is 6.42 Å². The highest BCUT2D eigenvalue weighted by atomic mass is 32.2. The van der Waals surface area contributed by atoms with E-state index in [-0.39, 0.29) is 28.9 Å². The summed E-state index contributed by atoms with van der Waals surface area (Å²) in [5.74, 6) is -3.69. The van der Waals surface area contributed by atoms with Crippen molar-refractivity contribution in [2.45, 2.75) is 23.8 Å². The summed E-state index contributed by atoms with van der Waals surface area (Å²) >= 11 is 0. The molecule has 2 aliphatic rings. The zero-order chi connectivity index (χ0) is 16.9. The van der Waals surface area contributed by atoms with Gasteiger partial charge in [0.2, 0.25) is 5.91 Å². The maximum absolute atomic E-state index is 12.5. The molecule has 0 aliphatic carbocycles. The first-order valence-electron chi connectivity index (χ1n) is 6.53. The Morgan fingerprint density at radius 2 is 1.96 bits per heavy atom. The fourth-order valence-corrected chi connectivity index (χ4v) is 4.33. The van der Waals surface area contributed by atoms with Gasteiger partial charge < -0.3 is 5.11 Å². The van der Waals surface area contributed by atoms with Crippen LogP contribution in [0.4, 0.5) is 0 Å². The van der Waals surface area contributed by atoms with E-state index in [0.29, 0.717) is 4.31 Å². The van der Waals surface area contributed by atoms with E-state index in [2.05, 4.69) is 0 Å². The number of hydrogen-bond acceptors (Lipinski definition) is 6. The summed E-state index contributed by atoms with van der Waals surface area (Å²) in [6.07, 6.45) is -0.207. The standard InChI is InChI=1S/C13H10N2O7S/c16-10-4-2-8(11(17)14-10)15-12(18)7-5-6(13(19)20)1-3-9(7)23(15,21)22/h1,3,5,8H,2,4H2,(H,19,20)(H,14,16,17). The molecule has 0 bridgehead atoms. The molecule has 2 aliphatic heterocycles. The van der Waals surface area contributed by atoms with Crippen LogP contribution in [-0.4, -0.2) is 47.6 Å². The van der Waals surface area contributed by atoms with Gasteiger partial charge in [0.05, 0.1) is 11.1 Å². The average Bonchev–Trinajstić information content (AvgIpc) is 2.67. The number of carbonyl (C=O) groups excluding carboxylic acids is 3. The van der Waals surface area contributed by atoms with Crippen molar-refractivity contribution in [1.29, 1.82) is 0 Å². The number of nitrogens with one attached hydrogen (secondary N) is 1. The molecule has 0 aromatic heterocycles. The normalized spacial score (nSPS) is 22.7. The van der Waals surface area contributed by atoms with Crippen LogP contribution in [0, 0.1) is 0 Å². The number of hydrogen-bond donors (Lipinski definition) is 2. The largest absolute Gasteiger partial charge is 0.478 e. The number of amides is 3. The van der Waals surface area contributed by atoms with E-state index in [0.717, 1.165) is 18.2 Å². The van der Waals surface area contributed by atoms with Crippen LogP contribution >= 0.6 is 0 Å². The molecule has 9 nitrogen and oxygen atoms in total. The number of aromatic carboxylic acids is 1. The summed E-state index contributed by atoms with van der Waals surface area (Å²) in [7, 11) is -4.27. The summed E-state index contributed by atoms with van der Waals surface area (Å²) in [4.78, 5) is 46.0. The number of benzene rings is 1. The van der Waals surface area contributed by atoms with Gasteiger partial charge in [-0.1, -0.05) is 0 Å². The SMILES string of the molecule is O=C1CCC(N2C(=O)c3cc(C(=O)O)ccc3S2(=O)=O)C(=O)N1. The second-order valence-electron chi connectivity index (χ2n) is 5.09. The lowest BCUT2D eigenvalue weighted by Crippen LogP contribution is -2.54. The lowest BCUT2D eigenvalue weighted by Gasteiger charge is -2.28. The molecule has 1 aromatic carbocycles. The predicted octanol–water partition coefficient (Wildman–Crippen LogP) is -0.665. The first kappa shape index (κ1) is 15.2. The molecule has 1 aromatic rings. The smallest absolute Gasteiger partial charge is 0.335 e. The maximum atomic E-state index is 12.5. The lowest BCUT2D eigenvalue weighted by molar-refractivity contribution is -0.135. The zero-order valence-corrected chi connectivity index (χ0v) is 12.3. The predicted molar refractivity (Wildman–Crippen MR) is 72.9 cm³/mol. The van der Waals surface area contributed by atoms with Crippen LogP contribution in [0.3, 0.4) is 0 Å². The van der Waals surface area contributed by atoms with Gasteiger partial charge in [0.25, 0.3) is 21.8 Å². The molecular weight excluding hydrogens is 328 g/mol. The molecule has 3 rings (SSSR count). The van der Waals surface area contributed by atoms with Crippen molar-refractivity contribution < 1.29 is 32.7 Å². The van der Waals surface area contributed by atoms with E-state index in [1.807, 2.05) is 5.32 Å². The molecule has 2 N–H and O–H groups in total. The summed E-state index contributed by atoms with van der Waals surface area (Å²) < 4.78 is 25.4. The van der Waals surface area contributed by atoms with E-state index in [1.54, 1.807) is 0 Å². The van der Waals surface area contributed by atoms with Crippen molar-refractivity contribution in [3.05, 3.63) is 29.3 Å². The second-order valence-corrected chi connectivity index (χ2v) is 6.87. The summed E-state index contributed by atoms with van der Waals surface area (Å²) in [6.45, 7) is 0. The van der Waals surface area contributed by atoms with Crippen molar-refractivity contribution in [2.75, 3.05) is 0 Å². The Kier molecular flexibility index (Phi) is 3.22. The number of nitrogens with zero attached hydrogens (tertiary/aromatic N) is 1. The van der Waals surface area contributed by atoms with Gasteiger partial charge in [0.15, 0.2) is 0 Å². The molecule has 1 fully saturated rings. The van der Waals surface area contributed by atoms with Crippen molar-refractivity contribution >= 4 is 33.7 Å². The van der Waals surface area contributed by atoms with E-state index in [9.17, 15) is 27.6 Å². The number of carboxylic acid groups (broad SMARTS) is 1. The second kappa shape index (κ2) is 4.88. The molecule has 3 amide bonds. The van der Waals surface area contributed by atoms with Gasteiger partial charge in [-0.25, -0.2) is 17.5 Å². The fraction of sp³-hybridized carbons (Fsp3) is 0.231. The van der Waals surface area contributed by atoms with Crippen LogP contribution in [0.2, 0.25) is 0 Å². The number of carbonyl (C=O) groups is 4. The van der Waals surface area contributed by atoms with Crippen LogP contribution in [0.15, 0.2) is 23.1 Å². The molecule has 2 heterocycles. The van der Waals surface area contributed by atoms with Gasteiger partial charge in [-0.2, -0.15) is 0 Å². The molecule has 1 atom stereocenters. The van der Waals surface area contributed by atoms with Crippen molar-refractivity contribution in [2.24, 2.45) is 0 Å². The number of fused-ring (bicyclic) bond motifs is 1. The van der Waals surface area contributed by atoms with E-state index in [1.165, 1.54) is 0 Å². The number of piperidine rings is 1. The third-order valence-corrected chi connectivity index (χ3v) is 5.54. The van der Waals surface area contributed by atoms with Crippen molar-refractivity contribution in [3.63, 3.8) is 0 Å². The minimum atomic E-state index is -4.27. The third kappa shape index (κ3) is 2.18. The van der Waals surface area contributed by atoms with Gasteiger partial charge in [-0.05, 0) is 24.6 Å². The minimum Gasteiger partial charge on any atom is -0.478 e. The minimum absolute atomic E-state index is 0.0908. The van der Waals surface area contributed by atoms with E-state index >= 15 is 0 Å². The van der Waals surface area contributed by atoms with Gasteiger partial charge >= 0.3 is 5.97 Å². The first-order valence-corrected chi connectivity index (χ1v) is 7.97. The Morgan fingerprint density at radius 3 is 2.57 bits per heavy atom. The van der Waals surface area contributed by atoms with Crippen LogP contribution in [0.25, 0.3) is 0 Å². The molecule has 1 saturated heterocycles. The van der Waals surface area contributed by atoms with E-state index < -0.39 is 39.8 Å². The summed E-state index contributed by atoms with van der Waals surface area (Å²) in [5.41, 5.74) is -0.535. The average molecular weight is 338 g/mol.